The minimum absolute atomic E-state index is 0. The molecule has 1 aliphatic rings. The summed E-state index contributed by atoms with van der Waals surface area (Å²) in [5.74, 6) is 0. The van der Waals surface area contributed by atoms with Crippen LogP contribution in [0.5, 0.6) is 0 Å². The maximum atomic E-state index is 4.94. The van der Waals surface area contributed by atoms with E-state index >= 15 is 0 Å². The van der Waals surface area contributed by atoms with Gasteiger partial charge in [0.05, 0.1) is 0 Å². The van der Waals surface area contributed by atoms with Gasteiger partial charge in [-0.2, -0.15) is 13.8 Å². The summed E-state index contributed by atoms with van der Waals surface area (Å²) in [6.45, 7) is 6.00. The Hall–Kier alpha value is 1.02. The van der Waals surface area contributed by atoms with E-state index in [1.54, 1.807) is 0 Å². The van der Waals surface area contributed by atoms with E-state index in [-0.39, 0.29) is 35.5 Å². The third-order valence-corrected chi connectivity index (χ3v) is 0.827. The van der Waals surface area contributed by atoms with Gasteiger partial charge in [0.1, 0.15) is 0 Å². The predicted octanol–water partition coefficient (Wildman–Crippen LogP) is -1.35. The van der Waals surface area contributed by atoms with Gasteiger partial charge in [-0.05, 0) is 12.8 Å². The van der Waals surface area contributed by atoms with Crippen molar-refractivity contribution in [2.75, 3.05) is 13.2 Å². The van der Waals surface area contributed by atoms with Gasteiger partial charge >= 0.3 is 23.1 Å². The Kier molecular flexibility index (Phi) is 28.4. The van der Waals surface area contributed by atoms with Crippen LogP contribution in [-0.4, -0.2) is 36.3 Å². The van der Waals surface area contributed by atoms with Gasteiger partial charge in [-0.3, -0.25) is 0 Å². The van der Waals surface area contributed by atoms with Crippen LogP contribution in [0.3, 0.4) is 0 Å². The average molecular weight is 175 g/mol. The smallest absolute Gasteiger partial charge is 1.00 e. The average Bonchev–Trinajstić information content (AvgIpc) is 2.17. The van der Waals surface area contributed by atoms with Crippen molar-refractivity contribution in [3.05, 3.63) is 6.42 Å². The molecule has 0 radical (unpaired) electrons. The Bertz CT molecular complexity index is 33.0. The number of ether oxygens (including phenoxy) is 1. The Morgan fingerprint density at radius 2 is 1.40 bits per heavy atom. The van der Waals surface area contributed by atoms with E-state index in [9.17, 15) is 0 Å². The molecule has 1 rings (SSSR count). The Morgan fingerprint density at radius 1 is 1.10 bits per heavy atom. The standard InChI is InChI=1S/C4H8O.C3H7.ClH.Mg/c1-2-4-5-3-1;1-3-2;;/h1-4H2;3H,1-2H3;1H;/q;-1;;+2/p-1. The minimum atomic E-state index is 0. The Balaban J connectivity index is -0.0000000900. The zero-order valence-corrected chi connectivity index (χ0v) is 9.07. The molecule has 0 unspecified atom stereocenters. The van der Waals surface area contributed by atoms with Crippen LogP contribution in [0.4, 0.5) is 0 Å². The molecule has 3 heteroatoms. The van der Waals surface area contributed by atoms with Crippen molar-refractivity contribution in [1.29, 1.82) is 0 Å². The third-order valence-electron chi connectivity index (χ3n) is 0.827. The van der Waals surface area contributed by atoms with E-state index in [4.69, 9.17) is 4.74 Å². The topological polar surface area (TPSA) is 9.23 Å². The molecule has 0 aromatic carbocycles. The zero-order chi connectivity index (χ0) is 6.24. The fourth-order valence-electron chi connectivity index (χ4n) is 0.510. The first kappa shape index (κ1) is 17.2. The monoisotopic (exact) mass is 174 g/mol. The van der Waals surface area contributed by atoms with Crippen molar-refractivity contribution in [1.82, 2.24) is 0 Å². The van der Waals surface area contributed by atoms with Crippen LogP contribution in [-0.2, 0) is 4.74 Å². The second-order valence-electron chi connectivity index (χ2n) is 1.90. The van der Waals surface area contributed by atoms with Gasteiger partial charge in [0.2, 0.25) is 0 Å². The molecule has 10 heavy (non-hydrogen) atoms. The molecule has 0 aromatic rings. The molecule has 0 N–H and O–H groups in total. The van der Waals surface area contributed by atoms with Crippen molar-refractivity contribution in [2.24, 2.45) is 0 Å². The molecule has 1 heterocycles. The molecule has 58 valence electrons. The molecule has 0 bridgehead atoms. The van der Waals surface area contributed by atoms with E-state index in [0.717, 1.165) is 13.2 Å². The van der Waals surface area contributed by atoms with Gasteiger partial charge in [-0.15, -0.1) is 0 Å². The first-order valence-electron chi connectivity index (χ1n) is 3.23. The van der Waals surface area contributed by atoms with Gasteiger partial charge in [0, 0.05) is 13.2 Å². The zero-order valence-electron chi connectivity index (χ0n) is 6.90. The fourth-order valence-corrected chi connectivity index (χ4v) is 0.510. The molecule has 1 nitrogen and oxygen atoms in total. The van der Waals surface area contributed by atoms with Crippen LogP contribution in [0.15, 0.2) is 0 Å². The van der Waals surface area contributed by atoms with Crippen LogP contribution >= 0.6 is 0 Å². The van der Waals surface area contributed by atoms with Crippen molar-refractivity contribution < 1.29 is 17.1 Å². The molecule has 1 aliphatic heterocycles. The van der Waals surface area contributed by atoms with Gasteiger partial charge in [0.15, 0.2) is 0 Å². The van der Waals surface area contributed by atoms with E-state index < -0.39 is 0 Å². The van der Waals surface area contributed by atoms with E-state index in [2.05, 4.69) is 0 Å². The first-order valence-corrected chi connectivity index (χ1v) is 3.23. The second kappa shape index (κ2) is 16.5. The number of halogens is 1. The third kappa shape index (κ3) is 16.0. The molecule has 1 fully saturated rings. The van der Waals surface area contributed by atoms with Crippen molar-refractivity contribution in [3.8, 4) is 0 Å². The van der Waals surface area contributed by atoms with Crippen LogP contribution < -0.4 is 12.4 Å². The van der Waals surface area contributed by atoms with Gasteiger partial charge < -0.3 is 23.6 Å². The molecule has 0 amide bonds. The predicted molar refractivity (Wildman–Crippen MR) is 41.5 cm³/mol. The first-order chi connectivity index (χ1) is 3.91. The number of hydrogen-bond acceptors (Lipinski definition) is 1. The molecule has 0 saturated carbocycles. The summed E-state index contributed by atoms with van der Waals surface area (Å²) in [6, 6.07) is 0. The van der Waals surface area contributed by atoms with E-state index in [1.165, 1.54) is 12.8 Å². The molecule has 0 aliphatic carbocycles. The summed E-state index contributed by atoms with van der Waals surface area (Å²) in [5.41, 5.74) is 0. The van der Waals surface area contributed by atoms with Gasteiger partial charge in [-0.1, -0.05) is 0 Å². The fraction of sp³-hybridized carbons (Fsp3) is 0.857. The van der Waals surface area contributed by atoms with Crippen LogP contribution in [0.1, 0.15) is 26.7 Å². The molecule has 1 saturated heterocycles. The van der Waals surface area contributed by atoms with Crippen molar-refractivity contribution in [3.63, 3.8) is 0 Å². The quantitative estimate of drug-likeness (QED) is 0.326. The van der Waals surface area contributed by atoms with Crippen LogP contribution in [0.25, 0.3) is 0 Å². The van der Waals surface area contributed by atoms with Crippen LogP contribution in [0, 0.1) is 6.42 Å². The minimum Gasteiger partial charge on any atom is -1.00 e. The molecular weight excluding hydrogens is 160 g/mol. The van der Waals surface area contributed by atoms with E-state index in [1.807, 2.05) is 20.3 Å². The van der Waals surface area contributed by atoms with Gasteiger partial charge in [0.25, 0.3) is 0 Å². The summed E-state index contributed by atoms with van der Waals surface area (Å²) in [6.07, 6.45) is 4.56. The van der Waals surface area contributed by atoms with Crippen molar-refractivity contribution >= 4 is 23.1 Å². The maximum Gasteiger partial charge on any atom is 2.00 e. The number of rotatable bonds is 0. The maximum absolute atomic E-state index is 4.94. The Morgan fingerprint density at radius 3 is 1.50 bits per heavy atom. The molecule has 0 aromatic heterocycles. The van der Waals surface area contributed by atoms with E-state index in [0.29, 0.717) is 0 Å². The summed E-state index contributed by atoms with van der Waals surface area (Å²) in [7, 11) is 0. The molecule has 0 atom stereocenters. The Labute approximate surface area is 86.5 Å². The molecule has 0 spiro atoms. The van der Waals surface area contributed by atoms with Crippen molar-refractivity contribution in [2.45, 2.75) is 26.7 Å². The largest absolute Gasteiger partial charge is 2.00 e. The van der Waals surface area contributed by atoms with Gasteiger partial charge in [-0.25, -0.2) is 0 Å². The SMILES string of the molecule is C1CCOC1.C[CH-]C.[Cl-].[Mg+2]. The normalized spacial score (nSPS) is 13.8. The summed E-state index contributed by atoms with van der Waals surface area (Å²) < 4.78 is 4.94. The van der Waals surface area contributed by atoms with Crippen LogP contribution in [0.2, 0.25) is 0 Å². The molecular formula is C7H15ClMgO. The summed E-state index contributed by atoms with van der Waals surface area (Å²) >= 11 is 0. The number of hydrogen-bond donors (Lipinski definition) is 0. The second-order valence-corrected chi connectivity index (χ2v) is 1.90. The summed E-state index contributed by atoms with van der Waals surface area (Å²) in [4.78, 5) is 0. The summed E-state index contributed by atoms with van der Waals surface area (Å²) in [5, 5.41) is 0.